The number of carbonyl (C=O) groups excluding carboxylic acids is 2. The van der Waals surface area contributed by atoms with Crippen molar-refractivity contribution in [3.8, 4) is 5.75 Å². The molecule has 1 aromatic heterocycles. The topological polar surface area (TPSA) is 80.3 Å². The van der Waals surface area contributed by atoms with E-state index in [1.54, 1.807) is 12.1 Å². The van der Waals surface area contributed by atoms with Gasteiger partial charge in [0.2, 0.25) is 0 Å². The van der Waals surface area contributed by atoms with E-state index in [1.807, 2.05) is 19.9 Å². The molecular weight excluding hydrogens is 375 g/mol. The molecule has 2 rings (SSSR count). The average molecular weight is 395 g/mol. The van der Waals surface area contributed by atoms with Crippen LogP contribution in [0.1, 0.15) is 39.8 Å². The van der Waals surface area contributed by atoms with Gasteiger partial charge in [0.1, 0.15) is 11.4 Å². The highest BCUT2D eigenvalue weighted by atomic mass is 19.4. The highest BCUT2D eigenvalue weighted by Gasteiger charge is 2.33. The van der Waals surface area contributed by atoms with E-state index in [4.69, 9.17) is 4.74 Å². The van der Waals surface area contributed by atoms with Crippen molar-refractivity contribution in [2.24, 2.45) is 0 Å². The fourth-order valence-corrected chi connectivity index (χ4v) is 2.34. The molecule has 2 aromatic rings. The highest BCUT2D eigenvalue weighted by molar-refractivity contribution is 5.96. The lowest BCUT2D eigenvalue weighted by molar-refractivity contribution is -0.141. The molecule has 0 aliphatic rings. The SMILES string of the molecule is Cc1cccc(OC(C)C(=O)NNC(=O)c2ccc(C(F)(F)F)nc2C)c1C. The second-order valence-corrected chi connectivity index (χ2v) is 6.23. The number of nitrogens with zero attached hydrogens (tertiary/aromatic N) is 1. The molecule has 6 nitrogen and oxygen atoms in total. The standard InChI is InChI=1S/C19H20F3N3O3/c1-10-6-5-7-15(11(10)2)28-13(4)17(26)24-25-18(27)14-8-9-16(19(20,21)22)23-12(14)3/h5-9,13H,1-4H3,(H,24,26)(H,25,27). The quantitative estimate of drug-likeness (QED) is 0.779. The Morgan fingerprint density at radius 3 is 2.36 bits per heavy atom. The van der Waals surface area contributed by atoms with Gasteiger partial charge in [0.25, 0.3) is 11.8 Å². The van der Waals surface area contributed by atoms with E-state index < -0.39 is 29.8 Å². The Morgan fingerprint density at radius 2 is 1.75 bits per heavy atom. The van der Waals surface area contributed by atoms with E-state index >= 15 is 0 Å². The molecule has 0 saturated carbocycles. The molecule has 1 atom stereocenters. The Hall–Kier alpha value is -3.10. The van der Waals surface area contributed by atoms with Crippen LogP contribution in [0.25, 0.3) is 0 Å². The third-order valence-corrected chi connectivity index (χ3v) is 4.15. The van der Waals surface area contributed by atoms with Gasteiger partial charge < -0.3 is 4.74 Å². The first-order valence-electron chi connectivity index (χ1n) is 8.38. The van der Waals surface area contributed by atoms with Crippen LogP contribution in [0.5, 0.6) is 5.75 Å². The van der Waals surface area contributed by atoms with E-state index in [0.29, 0.717) is 11.8 Å². The molecule has 0 saturated heterocycles. The summed E-state index contributed by atoms with van der Waals surface area (Å²) in [6.45, 7) is 6.55. The molecular formula is C19H20F3N3O3. The molecule has 0 aliphatic heterocycles. The van der Waals surface area contributed by atoms with Crippen LogP contribution in [-0.2, 0) is 11.0 Å². The van der Waals surface area contributed by atoms with E-state index in [1.165, 1.54) is 13.8 Å². The van der Waals surface area contributed by atoms with Gasteiger partial charge in [-0.15, -0.1) is 0 Å². The van der Waals surface area contributed by atoms with Gasteiger partial charge in [0.15, 0.2) is 6.10 Å². The van der Waals surface area contributed by atoms with Crippen LogP contribution < -0.4 is 15.6 Å². The smallest absolute Gasteiger partial charge is 0.433 e. The second kappa shape index (κ2) is 8.28. The first-order chi connectivity index (χ1) is 13.0. The number of pyridine rings is 1. The molecule has 0 spiro atoms. The number of carbonyl (C=O) groups is 2. The number of aryl methyl sites for hydroxylation is 2. The molecule has 9 heteroatoms. The zero-order valence-corrected chi connectivity index (χ0v) is 15.8. The van der Waals surface area contributed by atoms with E-state index in [0.717, 1.165) is 17.2 Å². The molecule has 0 radical (unpaired) electrons. The summed E-state index contributed by atoms with van der Waals surface area (Å²) < 4.78 is 43.5. The van der Waals surface area contributed by atoms with Crippen molar-refractivity contribution in [2.75, 3.05) is 0 Å². The Morgan fingerprint density at radius 1 is 1.07 bits per heavy atom. The molecule has 0 fully saturated rings. The maximum absolute atomic E-state index is 12.6. The van der Waals surface area contributed by atoms with Gasteiger partial charge in [-0.2, -0.15) is 13.2 Å². The zero-order chi connectivity index (χ0) is 21.1. The number of aromatic nitrogens is 1. The van der Waals surface area contributed by atoms with Crippen LogP contribution in [0.2, 0.25) is 0 Å². The lowest BCUT2D eigenvalue weighted by Crippen LogP contribution is -2.47. The van der Waals surface area contributed by atoms with Crippen LogP contribution in [-0.4, -0.2) is 22.9 Å². The lowest BCUT2D eigenvalue weighted by atomic mass is 10.1. The van der Waals surface area contributed by atoms with Gasteiger partial charge in [-0.05, 0) is 57.0 Å². The summed E-state index contributed by atoms with van der Waals surface area (Å²) in [5, 5.41) is 0. The van der Waals surface area contributed by atoms with Gasteiger partial charge in [-0.3, -0.25) is 20.4 Å². The molecule has 0 bridgehead atoms. The lowest BCUT2D eigenvalue weighted by Gasteiger charge is -2.17. The molecule has 0 aliphatic carbocycles. The van der Waals surface area contributed by atoms with Gasteiger partial charge in [-0.1, -0.05) is 12.1 Å². The summed E-state index contributed by atoms with van der Waals surface area (Å²) in [5.41, 5.74) is 4.94. The van der Waals surface area contributed by atoms with Crippen LogP contribution in [0.3, 0.4) is 0 Å². The molecule has 2 N–H and O–H groups in total. The molecule has 1 heterocycles. The molecule has 1 unspecified atom stereocenters. The Labute approximate surface area is 160 Å². The number of halogens is 3. The van der Waals surface area contributed by atoms with Gasteiger partial charge in [-0.25, -0.2) is 4.98 Å². The maximum atomic E-state index is 12.6. The van der Waals surface area contributed by atoms with Crippen LogP contribution >= 0.6 is 0 Å². The number of ether oxygens (including phenoxy) is 1. The third-order valence-electron chi connectivity index (χ3n) is 4.15. The van der Waals surface area contributed by atoms with Crippen LogP contribution in [0, 0.1) is 20.8 Å². The molecule has 28 heavy (non-hydrogen) atoms. The van der Waals surface area contributed by atoms with Crippen LogP contribution in [0.4, 0.5) is 13.2 Å². The number of hydrogen-bond donors (Lipinski definition) is 2. The van der Waals surface area contributed by atoms with Crippen molar-refractivity contribution < 1.29 is 27.5 Å². The number of amides is 2. The van der Waals surface area contributed by atoms with Gasteiger partial charge >= 0.3 is 6.18 Å². The third kappa shape index (κ3) is 4.99. The fourth-order valence-electron chi connectivity index (χ4n) is 2.34. The summed E-state index contributed by atoms with van der Waals surface area (Å²) in [6.07, 6.45) is -5.51. The van der Waals surface area contributed by atoms with Crippen molar-refractivity contribution in [3.05, 3.63) is 58.4 Å². The number of nitrogens with one attached hydrogen (secondary N) is 2. The van der Waals surface area contributed by atoms with Crippen molar-refractivity contribution >= 4 is 11.8 Å². The molecule has 150 valence electrons. The number of hydrazine groups is 1. The minimum absolute atomic E-state index is 0.0867. The van der Waals surface area contributed by atoms with Crippen molar-refractivity contribution in [1.82, 2.24) is 15.8 Å². The maximum Gasteiger partial charge on any atom is 0.433 e. The summed E-state index contributed by atoms with van der Waals surface area (Å²) >= 11 is 0. The van der Waals surface area contributed by atoms with E-state index in [9.17, 15) is 22.8 Å². The predicted octanol–water partition coefficient (Wildman–Crippen LogP) is 3.25. The van der Waals surface area contributed by atoms with Crippen molar-refractivity contribution in [3.63, 3.8) is 0 Å². The fraction of sp³-hybridized carbons (Fsp3) is 0.316. The number of benzene rings is 1. The molecule has 1 aromatic carbocycles. The summed E-state index contributed by atoms with van der Waals surface area (Å²) in [7, 11) is 0. The Kier molecular flexibility index (Phi) is 6.27. The summed E-state index contributed by atoms with van der Waals surface area (Å²) in [6, 6.07) is 7.14. The minimum atomic E-state index is -4.60. The van der Waals surface area contributed by atoms with Crippen LogP contribution in [0.15, 0.2) is 30.3 Å². The predicted molar refractivity (Wildman–Crippen MR) is 95.6 cm³/mol. The normalized spacial score (nSPS) is 12.2. The monoisotopic (exact) mass is 395 g/mol. The van der Waals surface area contributed by atoms with Crippen molar-refractivity contribution in [1.29, 1.82) is 0 Å². The number of hydrogen-bond acceptors (Lipinski definition) is 4. The van der Waals surface area contributed by atoms with Gasteiger partial charge in [0.05, 0.1) is 11.3 Å². The van der Waals surface area contributed by atoms with E-state index in [2.05, 4.69) is 15.8 Å². The second-order valence-electron chi connectivity index (χ2n) is 6.23. The Bertz CT molecular complexity index is 898. The van der Waals surface area contributed by atoms with Gasteiger partial charge in [0, 0.05) is 0 Å². The molecule has 2 amide bonds. The number of rotatable bonds is 4. The largest absolute Gasteiger partial charge is 0.481 e. The minimum Gasteiger partial charge on any atom is -0.481 e. The van der Waals surface area contributed by atoms with E-state index in [-0.39, 0.29) is 11.3 Å². The first-order valence-corrected chi connectivity index (χ1v) is 8.38. The van der Waals surface area contributed by atoms with Crippen molar-refractivity contribution in [2.45, 2.75) is 40.0 Å². The zero-order valence-electron chi connectivity index (χ0n) is 15.8. The average Bonchev–Trinajstić information content (AvgIpc) is 2.62. The number of alkyl halides is 3. The summed E-state index contributed by atoms with van der Waals surface area (Å²) in [5.74, 6) is -0.866. The Balaban J connectivity index is 1.98. The summed E-state index contributed by atoms with van der Waals surface area (Å²) in [4.78, 5) is 27.6. The highest BCUT2D eigenvalue weighted by Crippen LogP contribution is 2.28. The first kappa shape index (κ1) is 21.2.